The summed E-state index contributed by atoms with van der Waals surface area (Å²) in [5.41, 5.74) is 5.87. The number of carbonyl (C=O) groups is 3. The second kappa shape index (κ2) is 16.2. The highest BCUT2D eigenvalue weighted by Crippen LogP contribution is 2.38. The van der Waals surface area contributed by atoms with Gasteiger partial charge in [0, 0.05) is 55.3 Å². The number of aromatic nitrogens is 3. The van der Waals surface area contributed by atoms with E-state index in [0.717, 1.165) is 22.4 Å². The Morgan fingerprint density at radius 1 is 1.02 bits per heavy atom. The lowest BCUT2D eigenvalue weighted by Crippen LogP contribution is -2.40. The van der Waals surface area contributed by atoms with Crippen LogP contribution in [0.15, 0.2) is 67.0 Å². The van der Waals surface area contributed by atoms with Crippen molar-refractivity contribution in [2.24, 2.45) is 7.05 Å². The maximum Gasteiger partial charge on any atom is 0.410 e. The number of ether oxygens (including phenoxy) is 3. The summed E-state index contributed by atoms with van der Waals surface area (Å²) in [5.74, 6) is 0.340. The fraction of sp³-hybridized carbons (Fsp3) is 0.268. The van der Waals surface area contributed by atoms with Gasteiger partial charge in [-0.3, -0.25) is 14.6 Å². The minimum absolute atomic E-state index is 0.0736. The monoisotopic (exact) mass is 780 g/mol. The van der Waals surface area contributed by atoms with Gasteiger partial charge in [0.1, 0.15) is 36.4 Å². The summed E-state index contributed by atoms with van der Waals surface area (Å²) in [4.78, 5) is 48.3. The summed E-state index contributed by atoms with van der Waals surface area (Å²) in [6.07, 6.45) is 3.79. The molecule has 3 aromatic carbocycles. The van der Waals surface area contributed by atoms with Gasteiger partial charge in [0.25, 0.3) is 5.91 Å². The molecule has 2 aromatic heterocycles. The molecular weight excluding hydrogens is 743 g/mol. The molecule has 0 atom stereocenters. The zero-order valence-electron chi connectivity index (χ0n) is 30.9. The van der Waals surface area contributed by atoms with Crippen LogP contribution in [0.25, 0.3) is 11.1 Å². The average Bonchev–Trinajstić information content (AvgIpc) is 3.49. The highest BCUT2D eigenvalue weighted by Gasteiger charge is 2.30. The van der Waals surface area contributed by atoms with Crippen molar-refractivity contribution in [2.75, 3.05) is 11.9 Å². The maximum absolute atomic E-state index is 13.6. The Balaban J connectivity index is 1.17. The number of benzene rings is 3. The molecule has 2 amide bonds. The molecule has 0 radical (unpaired) electrons. The highest BCUT2D eigenvalue weighted by atomic mass is 35.5. The Hall–Kier alpha value is -5.90. The van der Waals surface area contributed by atoms with E-state index in [0.29, 0.717) is 58.1 Å². The molecule has 0 spiro atoms. The van der Waals surface area contributed by atoms with Crippen molar-refractivity contribution in [3.8, 4) is 28.7 Å². The van der Waals surface area contributed by atoms with Gasteiger partial charge < -0.3 is 29.0 Å². The molecule has 282 valence electrons. The molecule has 12 nitrogen and oxygen atoms in total. The topological polar surface area (TPSA) is 149 Å². The molecule has 3 heterocycles. The van der Waals surface area contributed by atoms with E-state index in [-0.39, 0.29) is 41.9 Å². The summed E-state index contributed by atoms with van der Waals surface area (Å²) in [7, 11) is 1.78. The van der Waals surface area contributed by atoms with Gasteiger partial charge in [0.05, 0.1) is 39.1 Å². The van der Waals surface area contributed by atoms with E-state index in [1.54, 1.807) is 40.9 Å². The number of amides is 2. The molecule has 0 saturated heterocycles. The first kappa shape index (κ1) is 38.8. The Kier molecular flexibility index (Phi) is 11.4. The second-order valence-corrected chi connectivity index (χ2v) is 14.7. The van der Waals surface area contributed by atoms with Crippen molar-refractivity contribution in [1.82, 2.24) is 19.4 Å². The van der Waals surface area contributed by atoms with Gasteiger partial charge in [-0.15, -0.1) is 0 Å². The third kappa shape index (κ3) is 8.75. The number of nitrogens with one attached hydrogen (secondary N) is 1. The van der Waals surface area contributed by atoms with E-state index < -0.39 is 17.6 Å². The Morgan fingerprint density at radius 2 is 1.76 bits per heavy atom. The number of carbonyl (C=O) groups excluding carboxylic acids is 3. The number of rotatable bonds is 10. The number of hydrogen-bond acceptors (Lipinski definition) is 9. The van der Waals surface area contributed by atoms with E-state index in [9.17, 15) is 19.6 Å². The Bertz CT molecular complexity index is 2350. The summed E-state index contributed by atoms with van der Waals surface area (Å²) in [5, 5.41) is 12.7. The van der Waals surface area contributed by atoms with Crippen LogP contribution >= 0.6 is 23.2 Å². The molecule has 0 unspecified atom stereocenters. The lowest BCUT2D eigenvalue weighted by molar-refractivity contribution is 0.0220. The van der Waals surface area contributed by atoms with Gasteiger partial charge in [-0.2, -0.15) is 5.26 Å². The summed E-state index contributed by atoms with van der Waals surface area (Å²) in [6.45, 7) is 8.30. The Morgan fingerprint density at radius 3 is 2.51 bits per heavy atom. The van der Waals surface area contributed by atoms with Gasteiger partial charge in [-0.1, -0.05) is 53.5 Å². The van der Waals surface area contributed by atoms with Crippen molar-refractivity contribution >= 4 is 47.2 Å². The number of pyridine rings is 1. The molecule has 0 saturated carbocycles. The quantitative estimate of drug-likeness (QED) is 0.138. The van der Waals surface area contributed by atoms with Gasteiger partial charge in [-0.05, 0) is 62.6 Å². The van der Waals surface area contributed by atoms with Crippen molar-refractivity contribution in [1.29, 1.82) is 5.26 Å². The number of imidazole rings is 1. The molecule has 1 aliphatic rings. The first-order valence-electron chi connectivity index (χ1n) is 17.4. The van der Waals surface area contributed by atoms with E-state index in [1.807, 2.05) is 64.1 Å². The van der Waals surface area contributed by atoms with Crippen LogP contribution in [0, 0.1) is 18.3 Å². The van der Waals surface area contributed by atoms with Gasteiger partial charge in [0.15, 0.2) is 12.1 Å². The first-order valence-corrected chi connectivity index (χ1v) is 18.1. The van der Waals surface area contributed by atoms with Crippen LogP contribution in [0.4, 0.5) is 10.5 Å². The largest absolute Gasteiger partial charge is 0.488 e. The number of nitriles is 1. The zero-order valence-corrected chi connectivity index (χ0v) is 32.4. The fourth-order valence-corrected chi connectivity index (χ4v) is 6.68. The van der Waals surface area contributed by atoms with Crippen molar-refractivity contribution in [2.45, 2.75) is 59.5 Å². The second-order valence-electron chi connectivity index (χ2n) is 14.0. The normalized spacial score (nSPS) is 12.4. The minimum atomic E-state index is -0.623. The predicted molar refractivity (Wildman–Crippen MR) is 208 cm³/mol. The smallest absolute Gasteiger partial charge is 0.410 e. The molecule has 6 rings (SSSR count). The number of halogens is 2. The van der Waals surface area contributed by atoms with Gasteiger partial charge in [0.2, 0.25) is 0 Å². The standard InChI is InChI=1S/C41H38Cl2N6O6/c1-24-27(23-54-36-16-35(28(21-50)15-31(36)42)53-22-26-14-25(17-44)18-45-19-26)8-6-9-29(24)30-10-7-11-32(37(30)43)47-39(51)38-46-33-20-49(13-12-34(33)48(38)5)40(52)55-41(2,3)4/h6-11,14-16,18-19,21H,12-13,20,22-23H2,1-5H3,(H,47,51). The van der Waals surface area contributed by atoms with E-state index >= 15 is 0 Å². The van der Waals surface area contributed by atoms with Crippen LogP contribution in [0.2, 0.25) is 10.0 Å². The van der Waals surface area contributed by atoms with Gasteiger partial charge in [-0.25, -0.2) is 9.78 Å². The van der Waals surface area contributed by atoms with Crippen molar-refractivity contribution in [3.63, 3.8) is 0 Å². The number of hydrogen-bond donors (Lipinski definition) is 1. The lowest BCUT2D eigenvalue weighted by Gasteiger charge is -2.29. The fourth-order valence-electron chi connectivity index (χ4n) is 6.18. The van der Waals surface area contributed by atoms with Gasteiger partial charge >= 0.3 is 6.09 Å². The minimum Gasteiger partial charge on any atom is -0.488 e. The van der Waals surface area contributed by atoms with Crippen LogP contribution in [-0.2, 0) is 38.0 Å². The number of fused-ring (bicyclic) bond motifs is 1. The molecule has 1 N–H and O–H groups in total. The third-order valence-electron chi connectivity index (χ3n) is 8.99. The summed E-state index contributed by atoms with van der Waals surface area (Å²) in [6, 6.07) is 17.9. The number of aldehydes is 1. The Labute approximate surface area is 328 Å². The van der Waals surface area contributed by atoms with Crippen LogP contribution < -0.4 is 14.8 Å². The summed E-state index contributed by atoms with van der Waals surface area (Å²) < 4.78 is 19.3. The van der Waals surface area contributed by atoms with Crippen LogP contribution in [0.1, 0.15) is 75.4 Å². The zero-order chi connectivity index (χ0) is 39.4. The average molecular weight is 782 g/mol. The summed E-state index contributed by atoms with van der Waals surface area (Å²) >= 11 is 13.5. The SMILES string of the molecule is Cc1c(COc2cc(OCc3cncc(C#N)c3)c(C=O)cc2Cl)cccc1-c1cccc(NC(=O)c2nc3c(n2C)CCN(C(=O)OC(C)(C)C)C3)c1Cl. The molecule has 5 aromatic rings. The van der Waals surface area contributed by atoms with Crippen LogP contribution in [0.5, 0.6) is 11.5 Å². The molecule has 0 fully saturated rings. The first-order chi connectivity index (χ1) is 26.3. The predicted octanol–water partition coefficient (Wildman–Crippen LogP) is 8.49. The number of nitrogens with zero attached hydrogens (tertiary/aromatic N) is 5. The highest BCUT2D eigenvalue weighted by molar-refractivity contribution is 6.36. The van der Waals surface area contributed by atoms with Crippen LogP contribution in [-0.4, -0.2) is 49.9 Å². The van der Waals surface area contributed by atoms with E-state index in [2.05, 4.69) is 15.3 Å². The number of anilines is 1. The molecule has 0 aliphatic carbocycles. The molecular formula is C41H38Cl2N6O6. The maximum atomic E-state index is 13.6. The molecule has 14 heteroatoms. The van der Waals surface area contributed by atoms with Crippen LogP contribution in [0.3, 0.4) is 0 Å². The third-order valence-corrected chi connectivity index (χ3v) is 9.69. The van der Waals surface area contributed by atoms with Crippen molar-refractivity contribution < 1.29 is 28.6 Å². The lowest BCUT2D eigenvalue weighted by atomic mass is 9.96. The van der Waals surface area contributed by atoms with E-state index in [1.165, 1.54) is 12.3 Å². The van der Waals surface area contributed by atoms with Crippen molar-refractivity contribution in [3.05, 3.63) is 122 Å². The molecule has 0 bridgehead atoms. The molecule has 55 heavy (non-hydrogen) atoms. The molecule has 1 aliphatic heterocycles. The van der Waals surface area contributed by atoms with E-state index in [4.69, 9.17) is 37.4 Å².